The molecule has 1 fully saturated rings. The van der Waals surface area contributed by atoms with Crippen LogP contribution in [-0.2, 0) is 4.79 Å². The van der Waals surface area contributed by atoms with Gasteiger partial charge in [0.15, 0.2) is 0 Å². The summed E-state index contributed by atoms with van der Waals surface area (Å²) in [5.41, 5.74) is 5.52. The lowest BCUT2D eigenvalue weighted by atomic mass is 9.78. The Morgan fingerprint density at radius 1 is 1.50 bits per heavy atom. The highest BCUT2D eigenvalue weighted by Gasteiger charge is 2.43. The first-order chi connectivity index (χ1) is 8.54. The molecule has 0 aliphatic carbocycles. The number of nitrogens with two attached hydrogens (primary N) is 1. The molecule has 2 rings (SSSR count). The van der Waals surface area contributed by atoms with Gasteiger partial charge in [0.1, 0.15) is 11.4 Å². The normalized spacial score (nSPS) is 27.8. The smallest absolute Gasteiger partial charge is 0.243 e. The Kier molecular flexibility index (Phi) is 3.52. The number of primary amides is 1. The molecule has 1 amide bonds. The van der Waals surface area contributed by atoms with Crippen LogP contribution in [0.3, 0.4) is 0 Å². The van der Waals surface area contributed by atoms with Gasteiger partial charge in [0.05, 0.1) is 0 Å². The Bertz CT molecular complexity index is 434. The maximum atomic E-state index is 12.9. The summed E-state index contributed by atoms with van der Waals surface area (Å²) in [6.07, 6.45) is 0.626. The molecule has 5 heteroatoms. The highest BCUT2D eigenvalue weighted by molar-refractivity contribution is 5.88. The van der Waals surface area contributed by atoms with Crippen LogP contribution in [0.25, 0.3) is 0 Å². The van der Waals surface area contributed by atoms with Gasteiger partial charge >= 0.3 is 0 Å². The lowest BCUT2D eigenvalue weighted by Gasteiger charge is -2.41. The minimum atomic E-state index is -0.761. The monoisotopic (exact) mass is 251 g/mol. The summed E-state index contributed by atoms with van der Waals surface area (Å²) >= 11 is 0. The van der Waals surface area contributed by atoms with Crippen molar-refractivity contribution < 1.29 is 9.18 Å². The molecule has 0 saturated carbocycles. The minimum Gasteiger partial charge on any atom is -0.371 e. The maximum Gasteiger partial charge on any atom is 0.243 e. The molecule has 0 aromatic heterocycles. The number of anilines is 1. The number of piperidine rings is 1. The quantitative estimate of drug-likeness (QED) is 0.753. The lowest BCUT2D eigenvalue weighted by molar-refractivity contribution is -0.124. The van der Waals surface area contributed by atoms with Crippen LogP contribution in [0.15, 0.2) is 24.3 Å². The van der Waals surface area contributed by atoms with Gasteiger partial charge in [0.25, 0.3) is 0 Å². The third-order valence-corrected chi connectivity index (χ3v) is 3.64. The van der Waals surface area contributed by atoms with E-state index in [1.165, 1.54) is 12.1 Å². The van der Waals surface area contributed by atoms with Crippen LogP contribution in [0.2, 0.25) is 0 Å². The van der Waals surface area contributed by atoms with Crippen LogP contribution in [0.4, 0.5) is 10.1 Å². The summed E-state index contributed by atoms with van der Waals surface area (Å²) in [6, 6.07) is 5.97. The van der Waals surface area contributed by atoms with Gasteiger partial charge < -0.3 is 16.4 Å². The molecule has 1 aromatic rings. The molecule has 0 bridgehead atoms. The van der Waals surface area contributed by atoms with E-state index >= 15 is 0 Å². The fraction of sp³-hybridized carbons (Fsp3) is 0.462. The van der Waals surface area contributed by atoms with Gasteiger partial charge in [0, 0.05) is 18.2 Å². The van der Waals surface area contributed by atoms with Crippen molar-refractivity contribution in [3.8, 4) is 0 Å². The molecular weight excluding hydrogens is 233 g/mol. The van der Waals surface area contributed by atoms with Crippen molar-refractivity contribution >= 4 is 11.6 Å². The molecule has 1 heterocycles. The first kappa shape index (κ1) is 12.8. The SMILES string of the molecule is CC1CNCCC1(Nc1ccc(F)cc1)C(N)=O. The molecule has 2 unspecified atom stereocenters. The van der Waals surface area contributed by atoms with Gasteiger partial charge in [-0.1, -0.05) is 6.92 Å². The van der Waals surface area contributed by atoms with Crippen LogP contribution in [0, 0.1) is 11.7 Å². The molecule has 1 saturated heterocycles. The number of hydrogen-bond donors (Lipinski definition) is 3. The van der Waals surface area contributed by atoms with E-state index in [-0.39, 0.29) is 17.6 Å². The number of benzene rings is 1. The van der Waals surface area contributed by atoms with Crippen LogP contribution >= 0.6 is 0 Å². The molecule has 4 nitrogen and oxygen atoms in total. The number of amides is 1. The van der Waals surface area contributed by atoms with E-state index in [9.17, 15) is 9.18 Å². The Balaban J connectivity index is 2.25. The maximum absolute atomic E-state index is 12.9. The third kappa shape index (κ3) is 2.31. The summed E-state index contributed by atoms with van der Waals surface area (Å²) in [7, 11) is 0. The second-order valence-electron chi connectivity index (χ2n) is 4.82. The fourth-order valence-corrected chi connectivity index (χ4v) is 2.43. The van der Waals surface area contributed by atoms with Gasteiger partial charge in [-0.05, 0) is 37.2 Å². The predicted molar refractivity (Wildman–Crippen MR) is 68.6 cm³/mol. The van der Waals surface area contributed by atoms with E-state index in [1.807, 2.05) is 6.92 Å². The van der Waals surface area contributed by atoms with Gasteiger partial charge in [0.2, 0.25) is 5.91 Å². The summed E-state index contributed by atoms with van der Waals surface area (Å²) < 4.78 is 12.9. The number of hydrogen-bond acceptors (Lipinski definition) is 3. The first-order valence-corrected chi connectivity index (χ1v) is 6.09. The zero-order valence-corrected chi connectivity index (χ0v) is 10.4. The first-order valence-electron chi connectivity index (χ1n) is 6.09. The van der Waals surface area contributed by atoms with E-state index in [2.05, 4.69) is 10.6 Å². The summed E-state index contributed by atoms with van der Waals surface area (Å²) in [5.74, 6) is -0.582. The zero-order valence-electron chi connectivity index (χ0n) is 10.4. The Morgan fingerprint density at radius 2 is 2.17 bits per heavy atom. The van der Waals surface area contributed by atoms with Crippen molar-refractivity contribution in [1.82, 2.24) is 5.32 Å². The highest BCUT2D eigenvalue weighted by Crippen LogP contribution is 2.28. The summed E-state index contributed by atoms with van der Waals surface area (Å²) in [4.78, 5) is 11.8. The minimum absolute atomic E-state index is 0.0776. The van der Waals surface area contributed by atoms with E-state index in [1.54, 1.807) is 12.1 Å². The van der Waals surface area contributed by atoms with E-state index < -0.39 is 5.54 Å². The number of carbonyl (C=O) groups excluding carboxylic acids is 1. The molecule has 4 N–H and O–H groups in total. The second kappa shape index (κ2) is 4.94. The average molecular weight is 251 g/mol. The predicted octanol–water partition coefficient (Wildman–Crippen LogP) is 1.09. The standard InChI is InChI=1S/C13H18FN3O/c1-9-8-16-7-6-13(9,12(15)18)17-11-4-2-10(14)3-5-11/h2-5,9,16-17H,6-8H2,1H3,(H2,15,18). The van der Waals surface area contributed by atoms with Crippen molar-refractivity contribution in [2.45, 2.75) is 18.9 Å². The average Bonchev–Trinajstić information content (AvgIpc) is 2.35. The zero-order chi connectivity index (χ0) is 13.2. The van der Waals surface area contributed by atoms with Gasteiger partial charge in [-0.15, -0.1) is 0 Å². The second-order valence-corrected chi connectivity index (χ2v) is 4.82. The molecule has 1 aliphatic heterocycles. The van der Waals surface area contributed by atoms with Gasteiger partial charge in [-0.3, -0.25) is 4.79 Å². The lowest BCUT2D eigenvalue weighted by Crippen LogP contribution is -2.61. The van der Waals surface area contributed by atoms with Crippen LogP contribution in [0.5, 0.6) is 0 Å². The largest absolute Gasteiger partial charge is 0.371 e. The number of nitrogens with one attached hydrogen (secondary N) is 2. The Hall–Kier alpha value is -1.62. The fourth-order valence-electron chi connectivity index (χ4n) is 2.43. The molecule has 0 radical (unpaired) electrons. The topological polar surface area (TPSA) is 67.2 Å². The molecule has 18 heavy (non-hydrogen) atoms. The number of carbonyl (C=O) groups is 1. The molecular formula is C13H18FN3O. The van der Waals surface area contributed by atoms with Gasteiger partial charge in [-0.2, -0.15) is 0 Å². The van der Waals surface area contributed by atoms with E-state index in [4.69, 9.17) is 5.73 Å². The Labute approximate surface area is 106 Å². The number of halogens is 1. The van der Waals surface area contributed by atoms with Crippen molar-refractivity contribution in [2.24, 2.45) is 11.7 Å². The van der Waals surface area contributed by atoms with E-state index in [0.29, 0.717) is 12.1 Å². The molecule has 1 aliphatic rings. The van der Waals surface area contributed by atoms with Crippen molar-refractivity contribution in [1.29, 1.82) is 0 Å². The van der Waals surface area contributed by atoms with Crippen molar-refractivity contribution in [3.05, 3.63) is 30.1 Å². The van der Waals surface area contributed by atoms with Gasteiger partial charge in [-0.25, -0.2) is 4.39 Å². The van der Waals surface area contributed by atoms with Crippen LogP contribution in [0.1, 0.15) is 13.3 Å². The summed E-state index contributed by atoms with van der Waals surface area (Å²) in [5, 5.41) is 6.42. The van der Waals surface area contributed by atoms with Crippen LogP contribution < -0.4 is 16.4 Å². The molecule has 98 valence electrons. The molecule has 0 spiro atoms. The highest BCUT2D eigenvalue weighted by atomic mass is 19.1. The number of rotatable bonds is 3. The van der Waals surface area contributed by atoms with Crippen molar-refractivity contribution in [3.63, 3.8) is 0 Å². The molecule has 2 atom stereocenters. The Morgan fingerprint density at radius 3 is 2.72 bits per heavy atom. The molecule has 1 aromatic carbocycles. The van der Waals surface area contributed by atoms with Crippen molar-refractivity contribution in [2.75, 3.05) is 18.4 Å². The van der Waals surface area contributed by atoms with E-state index in [0.717, 1.165) is 13.1 Å². The van der Waals surface area contributed by atoms with Crippen LogP contribution in [-0.4, -0.2) is 24.5 Å². The summed E-state index contributed by atoms with van der Waals surface area (Å²) in [6.45, 7) is 3.45. The third-order valence-electron chi connectivity index (χ3n) is 3.64.